The van der Waals surface area contributed by atoms with Gasteiger partial charge in [0, 0.05) is 26.2 Å². The van der Waals surface area contributed by atoms with Crippen LogP contribution in [-0.2, 0) is 29.7 Å². The molecule has 0 N–H and O–H groups in total. The number of sulfonamides is 1. The Kier molecular flexibility index (Phi) is 5.75. The Morgan fingerprint density at radius 1 is 0.969 bits per heavy atom. The highest BCUT2D eigenvalue weighted by Gasteiger charge is 2.37. The monoisotopic (exact) mass is 452 g/mol. The van der Waals surface area contributed by atoms with Gasteiger partial charge in [0.25, 0.3) is 10.0 Å². The summed E-state index contributed by atoms with van der Waals surface area (Å²) in [5.41, 5.74) is 1.86. The van der Waals surface area contributed by atoms with Crippen molar-refractivity contribution in [2.45, 2.75) is 37.5 Å². The summed E-state index contributed by atoms with van der Waals surface area (Å²) in [7, 11) is -3.82. The van der Waals surface area contributed by atoms with E-state index in [-0.39, 0.29) is 24.0 Å². The Morgan fingerprint density at radius 3 is 2.12 bits per heavy atom. The second-order valence-electron chi connectivity index (χ2n) is 8.76. The third kappa shape index (κ3) is 4.18. The van der Waals surface area contributed by atoms with Gasteiger partial charge in [-0.2, -0.15) is 9.40 Å². The molecule has 0 saturated carbocycles. The number of fused-ring (bicyclic) bond motifs is 1. The largest absolute Gasteiger partial charge is 0.475 e. The molecule has 0 spiro atoms. The van der Waals surface area contributed by atoms with Crippen LogP contribution in [0.25, 0.3) is 0 Å². The quantitative estimate of drug-likeness (QED) is 0.551. The highest BCUT2D eigenvalue weighted by molar-refractivity contribution is 7.89. The van der Waals surface area contributed by atoms with Gasteiger partial charge in [-0.25, -0.2) is 13.1 Å². The molecule has 2 aliphatic rings. The minimum Gasteiger partial charge on any atom is -0.475 e. The van der Waals surface area contributed by atoms with Crippen LogP contribution in [0, 0.1) is 5.92 Å². The molecule has 1 saturated heterocycles. The maximum absolute atomic E-state index is 13.8. The number of hydrogen-bond acceptors (Lipinski definition) is 5. The predicted octanol–water partition coefficient (Wildman–Crippen LogP) is 2.99. The maximum Gasteiger partial charge on any atom is 0.250 e. The van der Waals surface area contributed by atoms with Gasteiger partial charge >= 0.3 is 0 Å². The summed E-state index contributed by atoms with van der Waals surface area (Å²) in [6.07, 6.45) is 1.44. The first kappa shape index (κ1) is 21.2. The number of benzene rings is 2. The molecular formula is C24H28N4O3S. The Labute approximate surface area is 189 Å². The fraction of sp³-hybridized carbons (Fsp3) is 0.375. The molecule has 1 aromatic heterocycles. The minimum absolute atomic E-state index is 0.139. The van der Waals surface area contributed by atoms with Crippen molar-refractivity contribution >= 4 is 10.0 Å². The van der Waals surface area contributed by atoms with Crippen LogP contribution in [0.15, 0.2) is 71.8 Å². The molecule has 1 fully saturated rings. The minimum atomic E-state index is -3.82. The third-order valence-corrected chi connectivity index (χ3v) is 7.96. The fourth-order valence-corrected chi connectivity index (χ4v) is 5.92. The molecule has 8 heteroatoms. The van der Waals surface area contributed by atoms with E-state index in [1.54, 1.807) is 4.68 Å². The number of ether oxygens (including phenoxy) is 1. The molecule has 3 aromatic rings. The zero-order valence-corrected chi connectivity index (χ0v) is 19.0. The first-order chi connectivity index (χ1) is 15.5. The lowest BCUT2D eigenvalue weighted by atomic mass is 10.00. The van der Waals surface area contributed by atoms with E-state index in [0.717, 1.165) is 24.2 Å². The SMILES string of the molecule is CC1CN(C2COc3c(S(=O)(=O)N(Cc4ccccc4)Cc4ccccc4)cnn3C2)C1. The van der Waals surface area contributed by atoms with Gasteiger partial charge in [-0.15, -0.1) is 0 Å². The van der Waals surface area contributed by atoms with Gasteiger partial charge < -0.3 is 4.74 Å². The van der Waals surface area contributed by atoms with Crippen LogP contribution in [0.5, 0.6) is 5.88 Å². The van der Waals surface area contributed by atoms with Gasteiger partial charge in [-0.05, 0) is 17.0 Å². The molecule has 1 atom stereocenters. The molecule has 1 unspecified atom stereocenters. The van der Waals surface area contributed by atoms with E-state index >= 15 is 0 Å². The van der Waals surface area contributed by atoms with Gasteiger partial charge in [0.15, 0.2) is 4.90 Å². The molecule has 0 aliphatic carbocycles. The first-order valence-corrected chi connectivity index (χ1v) is 12.5. The highest BCUT2D eigenvalue weighted by Crippen LogP contribution is 2.32. The molecule has 3 heterocycles. The second-order valence-corrected chi connectivity index (χ2v) is 10.7. The van der Waals surface area contributed by atoms with Gasteiger partial charge in [0.05, 0.1) is 18.8 Å². The zero-order chi connectivity index (χ0) is 22.1. The fourth-order valence-electron chi connectivity index (χ4n) is 4.44. The van der Waals surface area contributed by atoms with Crippen LogP contribution in [0.4, 0.5) is 0 Å². The van der Waals surface area contributed by atoms with Crippen molar-refractivity contribution in [1.29, 1.82) is 0 Å². The standard InChI is InChI=1S/C24H28N4O3S/c1-19-13-26(14-19)22-17-28-24(31-18-22)23(12-25-28)32(29,30)27(15-20-8-4-2-5-9-20)16-21-10-6-3-7-11-21/h2-12,19,22H,13-18H2,1H3. The van der Waals surface area contributed by atoms with E-state index in [1.807, 2.05) is 60.7 Å². The topological polar surface area (TPSA) is 67.7 Å². The lowest BCUT2D eigenvalue weighted by Crippen LogP contribution is -2.55. The van der Waals surface area contributed by atoms with Gasteiger partial charge in [-0.3, -0.25) is 4.90 Å². The summed E-state index contributed by atoms with van der Waals surface area (Å²) in [5, 5.41) is 4.39. The van der Waals surface area contributed by atoms with Crippen LogP contribution in [0.2, 0.25) is 0 Å². The average molecular weight is 453 g/mol. The molecule has 168 valence electrons. The third-order valence-electron chi connectivity index (χ3n) is 6.19. The van der Waals surface area contributed by atoms with Crippen molar-refractivity contribution in [1.82, 2.24) is 19.0 Å². The van der Waals surface area contributed by atoms with Crippen molar-refractivity contribution < 1.29 is 13.2 Å². The smallest absolute Gasteiger partial charge is 0.250 e. The van der Waals surface area contributed by atoms with Crippen LogP contribution in [0.3, 0.4) is 0 Å². The van der Waals surface area contributed by atoms with E-state index in [9.17, 15) is 8.42 Å². The Morgan fingerprint density at radius 2 is 1.56 bits per heavy atom. The van der Waals surface area contributed by atoms with E-state index in [0.29, 0.717) is 24.9 Å². The predicted molar refractivity (Wildman–Crippen MR) is 122 cm³/mol. The molecule has 2 aromatic carbocycles. The summed E-state index contributed by atoms with van der Waals surface area (Å²) in [4.78, 5) is 2.51. The summed E-state index contributed by atoms with van der Waals surface area (Å²) >= 11 is 0. The molecule has 5 rings (SSSR count). The van der Waals surface area contributed by atoms with E-state index in [1.165, 1.54) is 10.5 Å². The molecule has 2 aliphatic heterocycles. The van der Waals surface area contributed by atoms with Crippen molar-refractivity contribution in [3.8, 4) is 5.88 Å². The van der Waals surface area contributed by atoms with Crippen LogP contribution in [-0.4, -0.2) is 53.1 Å². The van der Waals surface area contributed by atoms with E-state index in [2.05, 4.69) is 16.9 Å². The number of hydrogen-bond donors (Lipinski definition) is 0. The van der Waals surface area contributed by atoms with Crippen molar-refractivity contribution in [3.05, 3.63) is 78.0 Å². The van der Waals surface area contributed by atoms with Gasteiger partial charge in [-0.1, -0.05) is 67.6 Å². The number of rotatable bonds is 7. The normalized spacial score (nSPS) is 19.4. The molecule has 32 heavy (non-hydrogen) atoms. The second kappa shape index (κ2) is 8.69. The van der Waals surface area contributed by atoms with Crippen molar-refractivity contribution in [2.24, 2.45) is 5.92 Å². The molecule has 0 bridgehead atoms. The van der Waals surface area contributed by atoms with Crippen LogP contribution >= 0.6 is 0 Å². The van der Waals surface area contributed by atoms with E-state index in [4.69, 9.17) is 4.74 Å². The highest BCUT2D eigenvalue weighted by atomic mass is 32.2. The Bertz CT molecular complexity index is 1120. The molecular weight excluding hydrogens is 424 g/mol. The Hall–Kier alpha value is -2.68. The number of likely N-dealkylation sites (tertiary alicyclic amines) is 1. The average Bonchev–Trinajstić information content (AvgIpc) is 3.22. The Balaban J connectivity index is 1.42. The lowest BCUT2D eigenvalue weighted by molar-refractivity contribution is 0.00922. The summed E-state index contributed by atoms with van der Waals surface area (Å²) in [5.74, 6) is 1.05. The van der Waals surface area contributed by atoms with Crippen LogP contribution < -0.4 is 4.74 Å². The lowest BCUT2D eigenvalue weighted by Gasteiger charge is -2.44. The van der Waals surface area contributed by atoms with Crippen LogP contribution in [0.1, 0.15) is 18.1 Å². The summed E-state index contributed by atoms with van der Waals surface area (Å²) in [6.45, 7) is 6.02. The molecule has 7 nitrogen and oxygen atoms in total. The zero-order valence-electron chi connectivity index (χ0n) is 18.2. The number of nitrogens with zero attached hydrogens (tertiary/aromatic N) is 4. The van der Waals surface area contributed by atoms with Crippen molar-refractivity contribution in [3.63, 3.8) is 0 Å². The molecule has 0 radical (unpaired) electrons. The molecule has 0 amide bonds. The van der Waals surface area contributed by atoms with Gasteiger partial charge in [0.1, 0.15) is 6.61 Å². The first-order valence-electron chi connectivity index (χ1n) is 11.0. The van der Waals surface area contributed by atoms with Gasteiger partial charge in [0.2, 0.25) is 5.88 Å². The number of aromatic nitrogens is 2. The summed E-state index contributed by atoms with van der Waals surface area (Å²) in [6, 6.07) is 19.5. The maximum atomic E-state index is 13.8. The van der Waals surface area contributed by atoms with E-state index < -0.39 is 10.0 Å². The summed E-state index contributed by atoms with van der Waals surface area (Å²) < 4.78 is 36.8. The van der Waals surface area contributed by atoms with Crippen molar-refractivity contribution in [2.75, 3.05) is 19.7 Å².